The van der Waals surface area contributed by atoms with Gasteiger partial charge < -0.3 is 15.5 Å². The molecule has 0 saturated carbocycles. The van der Waals surface area contributed by atoms with Crippen molar-refractivity contribution in [1.29, 1.82) is 0 Å². The third-order valence-electron chi connectivity index (χ3n) is 7.29. The van der Waals surface area contributed by atoms with Crippen molar-refractivity contribution in [2.24, 2.45) is 5.92 Å². The molecule has 0 bridgehead atoms. The van der Waals surface area contributed by atoms with Crippen molar-refractivity contribution >= 4 is 16.0 Å². The molecular weight excluding hydrogens is 521 g/mol. The first-order valence-corrected chi connectivity index (χ1v) is 13.8. The van der Waals surface area contributed by atoms with Crippen molar-refractivity contribution in [2.45, 2.75) is 29.4 Å². The molecule has 0 aromatic heterocycles. The SMILES string of the molecule is O=C1N[C@@](c2ccccc2)(c2ccc(-c3ccc(S(=O)(=O)O)c(O)c3)cc2)[C@H]1CC[C@H](O)c1ccccc1F. The van der Waals surface area contributed by atoms with Gasteiger partial charge in [0.15, 0.2) is 0 Å². The van der Waals surface area contributed by atoms with Gasteiger partial charge in [-0.15, -0.1) is 0 Å². The number of phenolic OH excluding ortho intramolecular Hbond substituents is 1. The lowest BCUT2D eigenvalue weighted by molar-refractivity contribution is -0.140. The number of phenols is 1. The number of carbonyl (C=O) groups is 1. The van der Waals surface area contributed by atoms with Crippen molar-refractivity contribution in [1.82, 2.24) is 5.32 Å². The summed E-state index contributed by atoms with van der Waals surface area (Å²) in [5.41, 5.74) is 2.18. The van der Waals surface area contributed by atoms with Gasteiger partial charge in [-0.05, 0) is 53.3 Å². The monoisotopic (exact) mass is 547 g/mol. The number of β-lactam (4-membered cyclic amide) rings is 1. The summed E-state index contributed by atoms with van der Waals surface area (Å²) in [4.78, 5) is 12.3. The summed E-state index contributed by atoms with van der Waals surface area (Å²) in [7, 11) is -4.56. The zero-order valence-corrected chi connectivity index (χ0v) is 21.5. The van der Waals surface area contributed by atoms with E-state index in [1.807, 2.05) is 42.5 Å². The predicted molar refractivity (Wildman–Crippen MR) is 143 cm³/mol. The maximum atomic E-state index is 14.2. The first kappa shape index (κ1) is 26.6. The van der Waals surface area contributed by atoms with Crippen LogP contribution >= 0.6 is 0 Å². The Hall–Kier alpha value is -4.05. The number of halogens is 1. The van der Waals surface area contributed by atoms with Gasteiger partial charge in [-0.3, -0.25) is 9.35 Å². The van der Waals surface area contributed by atoms with Crippen LogP contribution in [0.3, 0.4) is 0 Å². The van der Waals surface area contributed by atoms with E-state index in [4.69, 9.17) is 0 Å². The minimum atomic E-state index is -4.56. The molecule has 4 aromatic carbocycles. The molecule has 0 radical (unpaired) electrons. The second-order valence-electron chi connectivity index (χ2n) is 9.57. The number of aliphatic hydroxyl groups is 1. The van der Waals surface area contributed by atoms with E-state index < -0.39 is 44.1 Å². The van der Waals surface area contributed by atoms with Crippen molar-refractivity contribution in [3.63, 3.8) is 0 Å². The van der Waals surface area contributed by atoms with Gasteiger partial charge >= 0.3 is 0 Å². The summed E-state index contributed by atoms with van der Waals surface area (Å²) in [6.07, 6.45) is -0.567. The zero-order chi connectivity index (χ0) is 27.8. The van der Waals surface area contributed by atoms with Crippen molar-refractivity contribution in [2.75, 3.05) is 0 Å². The molecule has 39 heavy (non-hydrogen) atoms. The van der Waals surface area contributed by atoms with Crippen LogP contribution in [0.25, 0.3) is 11.1 Å². The van der Waals surface area contributed by atoms with E-state index >= 15 is 0 Å². The number of nitrogens with one attached hydrogen (secondary N) is 1. The normalized spacial score (nSPS) is 19.7. The first-order chi connectivity index (χ1) is 18.6. The Kier molecular flexibility index (Phi) is 6.98. The largest absolute Gasteiger partial charge is 0.506 e. The molecule has 1 aliphatic rings. The minimum Gasteiger partial charge on any atom is -0.506 e. The van der Waals surface area contributed by atoms with Crippen molar-refractivity contribution < 1.29 is 32.4 Å². The van der Waals surface area contributed by atoms with Gasteiger partial charge in [0, 0.05) is 5.56 Å². The molecule has 1 aliphatic heterocycles. The fourth-order valence-electron chi connectivity index (χ4n) is 5.32. The lowest BCUT2D eigenvalue weighted by atomic mass is 9.64. The number of aliphatic hydroxyl groups excluding tert-OH is 1. The smallest absolute Gasteiger partial charge is 0.298 e. The van der Waals surface area contributed by atoms with E-state index in [-0.39, 0.29) is 17.9 Å². The lowest BCUT2D eigenvalue weighted by Gasteiger charge is -2.50. The molecule has 1 fully saturated rings. The molecule has 1 saturated heterocycles. The number of rotatable bonds is 8. The fourth-order valence-corrected chi connectivity index (χ4v) is 5.88. The molecule has 5 rings (SSSR count). The number of benzene rings is 4. The molecule has 1 amide bonds. The Bertz CT molecular complexity index is 1630. The highest BCUT2D eigenvalue weighted by atomic mass is 32.2. The first-order valence-electron chi connectivity index (χ1n) is 12.3. The summed E-state index contributed by atoms with van der Waals surface area (Å²) in [5.74, 6) is -1.76. The molecule has 0 spiro atoms. The van der Waals surface area contributed by atoms with E-state index in [2.05, 4.69) is 5.32 Å². The maximum absolute atomic E-state index is 14.2. The van der Waals surface area contributed by atoms with E-state index in [0.29, 0.717) is 17.5 Å². The van der Waals surface area contributed by atoms with E-state index in [0.717, 1.165) is 17.2 Å². The highest BCUT2D eigenvalue weighted by Crippen LogP contribution is 2.47. The average Bonchev–Trinajstić information content (AvgIpc) is 2.91. The van der Waals surface area contributed by atoms with Crippen LogP contribution in [0, 0.1) is 11.7 Å². The Morgan fingerprint density at radius 1 is 0.872 bits per heavy atom. The lowest BCUT2D eigenvalue weighted by Crippen LogP contribution is -2.67. The van der Waals surface area contributed by atoms with Crippen LogP contribution in [0.5, 0.6) is 5.75 Å². The Morgan fingerprint density at radius 3 is 2.10 bits per heavy atom. The number of carbonyl (C=O) groups excluding carboxylic acids is 1. The van der Waals surface area contributed by atoms with E-state index in [9.17, 15) is 32.4 Å². The van der Waals surface area contributed by atoms with Crippen LogP contribution < -0.4 is 5.32 Å². The van der Waals surface area contributed by atoms with Gasteiger partial charge in [0.2, 0.25) is 5.91 Å². The van der Waals surface area contributed by atoms with E-state index in [1.54, 1.807) is 24.3 Å². The second kappa shape index (κ2) is 10.3. The number of amides is 1. The average molecular weight is 548 g/mol. The highest BCUT2D eigenvalue weighted by molar-refractivity contribution is 7.86. The van der Waals surface area contributed by atoms with E-state index in [1.165, 1.54) is 24.3 Å². The van der Waals surface area contributed by atoms with Crippen LogP contribution in [0.4, 0.5) is 4.39 Å². The van der Waals surface area contributed by atoms with Crippen molar-refractivity contribution in [3.8, 4) is 16.9 Å². The van der Waals surface area contributed by atoms with Crippen LogP contribution in [0.1, 0.15) is 35.6 Å². The third-order valence-corrected chi connectivity index (χ3v) is 8.19. The van der Waals surface area contributed by atoms with Gasteiger partial charge in [-0.25, -0.2) is 4.39 Å². The highest BCUT2D eigenvalue weighted by Gasteiger charge is 2.55. The minimum absolute atomic E-state index is 0.172. The molecule has 7 nitrogen and oxygen atoms in total. The maximum Gasteiger partial charge on any atom is 0.298 e. The van der Waals surface area contributed by atoms with Crippen molar-refractivity contribution in [3.05, 3.63) is 120 Å². The molecule has 1 heterocycles. The Morgan fingerprint density at radius 2 is 1.49 bits per heavy atom. The fraction of sp³-hybridized carbons (Fsp3) is 0.167. The number of aromatic hydroxyl groups is 1. The van der Waals surface area contributed by atoms with Gasteiger partial charge in [0.1, 0.15) is 22.0 Å². The standard InChI is InChI=1S/C30H26FNO6S/c31-25-9-5-4-8-23(25)26(33)16-15-24-29(35)32-30(24,21-6-2-1-3-7-21)22-13-10-19(11-14-22)20-12-17-28(27(34)18-20)39(36,37)38/h1-14,17-18,24,26,33-34H,15-16H2,(H,32,35)(H,36,37,38)/t24-,26-,30-/m0/s1. The second-order valence-corrected chi connectivity index (χ2v) is 11.0. The summed E-state index contributed by atoms with van der Waals surface area (Å²) in [5, 5.41) is 23.9. The van der Waals surface area contributed by atoms with Gasteiger partial charge in [-0.2, -0.15) is 8.42 Å². The number of hydrogen-bond acceptors (Lipinski definition) is 5. The van der Waals surface area contributed by atoms with Crippen LogP contribution in [0.15, 0.2) is 102 Å². The molecule has 0 unspecified atom stereocenters. The molecule has 4 N–H and O–H groups in total. The Labute approximate surface area is 225 Å². The predicted octanol–water partition coefficient (Wildman–Crippen LogP) is 4.95. The summed E-state index contributed by atoms with van der Waals surface area (Å²) >= 11 is 0. The quantitative estimate of drug-likeness (QED) is 0.183. The molecule has 200 valence electrons. The Balaban J connectivity index is 1.46. The van der Waals surface area contributed by atoms with Crippen LogP contribution in [-0.4, -0.2) is 29.1 Å². The van der Waals surface area contributed by atoms with Crippen LogP contribution in [0.2, 0.25) is 0 Å². The van der Waals surface area contributed by atoms with Gasteiger partial charge in [-0.1, -0.05) is 78.9 Å². The van der Waals surface area contributed by atoms with Crippen LogP contribution in [-0.2, 0) is 20.5 Å². The summed E-state index contributed by atoms with van der Waals surface area (Å²) < 4.78 is 46.3. The third kappa shape index (κ3) is 4.92. The summed E-state index contributed by atoms with van der Waals surface area (Å²) in [6.45, 7) is 0. The molecular formula is C30H26FNO6S. The summed E-state index contributed by atoms with van der Waals surface area (Å²) in [6, 6.07) is 26.6. The molecule has 3 atom stereocenters. The molecule has 0 aliphatic carbocycles. The van der Waals surface area contributed by atoms with Gasteiger partial charge in [0.05, 0.1) is 12.0 Å². The topological polar surface area (TPSA) is 124 Å². The number of hydrogen-bond donors (Lipinski definition) is 4. The van der Waals surface area contributed by atoms with Gasteiger partial charge in [0.25, 0.3) is 10.1 Å². The molecule has 4 aromatic rings. The molecule has 9 heteroatoms. The zero-order valence-electron chi connectivity index (χ0n) is 20.7.